The van der Waals surface area contributed by atoms with E-state index in [0.29, 0.717) is 38.3 Å². The molecule has 0 unspecified atom stereocenters. The minimum Gasteiger partial charge on any atom is -0.487 e. The molecule has 1 amide bonds. The number of anilines is 2. The van der Waals surface area contributed by atoms with E-state index in [1.165, 1.54) is 0 Å². The zero-order valence-electron chi connectivity index (χ0n) is 20.1. The van der Waals surface area contributed by atoms with Gasteiger partial charge in [-0.1, -0.05) is 0 Å². The molecular formula is C24H31F2N7O2. The minimum absolute atomic E-state index is 0.0810. The first-order chi connectivity index (χ1) is 16.7. The molecule has 4 rings (SSSR count). The van der Waals surface area contributed by atoms with Crippen molar-refractivity contribution < 1.29 is 18.3 Å². The lowest BCUT2D eigenvalue weighted by Crippen LogP contribution is -2.48. The average molecular weight is 488 g/mol. The van der Waals surface area contributed by atoms with Crippen LogP contribution in [0.4, 0.5) is 20.2 Å². The lowest BCUT2D eigenvalue weighted by atomic mass is 10.0. The Balaban J connectivity index is 1.60. The van der Waals surface area contributed by atoms with Gasteiger partial charge in [0.2, 0.25) is 0 Å². The molecule has 35 heavy (non-hydrogen) atoms. The fourth-order valence-corrected chi connectivity index (χ4v) is 4.44. The highest BCUT2D eigenvalue weighted by molar-refractivity contribution is 6.18. The van der Waals surface area contributed by atoms with E-state index in [0.717, 1.165) is 28.9 Å². The Morgan fingerprint density at radius 3 is 2.66 bits per heavy atom. The zero-order valence-corrected chi connectivity index (χ0v) is 20.1. The number of carbonyl (C=O) groups is 1. The number of rotatable bonds is 7. The molecule has 0 aromatic heterocycles. The van der Waals surface area contributed by atoms with Crippen LogP contribution < -0.4 is 25.6 Å². The number of amides is 1. The molecule has 3 aliphatic rings. The Labute approximate surface area is 203 Å². The summed E-state index contributed by atoms with van der Waals surface area (Å²) in [7, 11) is 1.76. The van der Waals surface area contributed by atoms with Crippen molar-refractivity contribution in [2.24, 2.45) is 4.99 Å². The van der Waals surface area contributed by atoms with Crippen LogP contribution in [-0.2, 0) is 11.2 Å². The maximum Gasteiger partial charge on any atom is 0.261 e. The van der Waals surface area contributed by atoms with Gasteiger partial charge in [-0.15, -0.1) is 0 Å². The number of fused-ring (bicyclic) bond motifs is 1. The number of piperazine rings is 1. The smallest absolute Gasteiger partial charge is 0.261 e. The molecule has 3 heterocycles. The highest BCUT2D eigenvalue weighted by Crippen LogP contribution is 2.42. The summed E-state index contributed by atoms with van der Waals surface area (Å²) in [4.78, 5) is 21.3. The van der Waals surface area contributed by atoms with Crippen molar-refractivity contribution >= 4 is 29.7 Å². The molecular weight excluding hydrogens is 456 g/mol. The van der Waals surface area contributed by atoms with Crippen molar-refractivity contribution in [3.05, 3.63) is 41.0 Å². The Bertz CT molecular complexity index is 1090. The van der Waals surface area contributed by atoms with E-state index in [-0.39, 0.29) is 23.5 Å². The van der Waals surface area contributed by atoms with Gasteiger partial charge in [-0.3, -0.25) is 9.69 Å². The van der Waals surface area contributed by atoms with Crippen LogP contribution in [0.1, 0.15) is 19.4 Å². The standard InChI is InChI=1S/C24H31F2N7O2/c1-24(2)10-15-8-18(31-23(34)17(11-27)22-29-12-16(28-3)13-30-22)19(9-20(15)35-24)33-6-4-32(5-7-33)14-21(25)26/h8-9,11-13,21,27-29H,4-7,10,14H2,1-3H3,(H,31,34)/b22-17-,27-11?. The summed E-state index contributed by atoms with van der Waals surface area (Å²) in [6, 6.07) is 3.82. The lowest BCUT2D eigenvalue weighted by molar-refractivity contribution is -0.112. The molecule has 1 aromatic carbocycles. The summed E-state index contributed by atoms with van der Waals surface area (Å²) in [6.45, 7) is 5.84. The third-order valence-electron chi connectivity index (χ3n) is 6.17. The third kappa shape index (κ3) is 5.61. The quantitative estimate of drug-likeness (QED) is 0.348. The van der Waals surface area contributed by atoms with Gasteiger partial charge in [0.15, 0.2) is 0 Å². The Morgan fingerprint density at radius 1 is 1.31 bits per heavy atom. The fraction of sp³-hybridized carbons (Fsp3) is 0.458. The summed E-state index contributed by atoms with van der Waals surface area (Å²) in [5.41, 5.74) is 2.79. The normalized spacial score (nSPS) is 20.5. The molecule has 0 spiro atoms. The van der Waals surface area contributed by atoms with Crippen LogP contribution in [0.25, 0.3) is 0 Å². The number of hydrogen-bond donors (Lipinski definition) is 4. The van der Waals surface area contributed by atoms with E-state index in [4.69, 9.17) is 10.1 Å². The monoisotopic (exact) mass is 487 g/mol. The number of nitrogens with one attached hydrogen (secondary N) is 4. The summed E-state index contributed by atoms with van der Waals surface area (Å²) in [6.07, 6.45) is 2.53. The molecule has 3 aliphatic heterocycles. The van der Waals surface area contributed by atoms with Crippen LogP contribution in [-0.4, -0.2) is 75.0 Å². The van der Waals surface area contributed by atoms with Crippen molar-refractivity contribution in [2.45, 2.75) is 32.3 Å². The Kier molecular flexibility index (Phi) is 7.06. The van der Waals surface area contributed by atoms with Crippen LogP contribution in [0.5, 0.6) is 5.75 Å². The number of nitrogens with zero attached hydrogens (tertiary/aromatic N) is 3. The number of ether oxygens (including phenoxy) is 1. The number of allylic oxidation sites excluding steroid dienone is 1. The lowest BCUT2D eigenvalue weighted by Gasteiger charge is -2.37. The molecule has 188 valence electrons. The Hall–Kier alpha value is -3.47. The molecule has 0 bridgehead atoms. The van der Waals surface area contributed by atoms with Gasteiger partial charge in [0.1, 0.15) is 17.2 Å². The molecule has 1 saturated heterocycles. The molecule has 9 nitrogen and oxygen atoms in total. The highest BCUT2D eigenvalue weighted by Gasteiger charge is 2.33. The van der Waals surface area contributed by atoms with Crippen LogP contribution in [0.3, 0.4) is 0 Å². The fourth-order valence-electron chi connectivity index (χ4n) is 4.44. The van der Waals surface area contributed by atoms with E-state index in [2.05, 4.69) is 25.8 Å². The van der Waals surface area contributed by atoms with Crippen LogP contribution >= 0.6 is 0 Å². The van der Waals surface area contributed by atoms with E-state index >= 15 is 0 Å². The molecule has 0 radical (unpaired) electrons. The van der Waals surface area contributed by atoms with Gasteiger partial charge in [0, 0.05) is 63.7 Å². The number of halogens is 2. The molecule has 0 atom stereocenters. The average Bonchev–Trinajstić information content (AvgIpc) is 3.12. The van der Waals surface area contributed by atoms with Gasteiger partial charge in [0.05, 0.1) is 35.4 Å². The van der Waals surface area contributed by atoms with Crippen LogP contribution in [0.15, 0.2) is 40.4 Å². The summed E-state index contributed by atoms with van der Waals surface area (Å²) < 4.78 is 31.7. The number of benzene rings is 1. The van der Waals surface area contributed by atoms with Gasteiger partial charge in [-0.25, -0.2) is 13.8 Å². The second-order valence-electron chi connectivity index (χ2n) is 9.31. The summed E-state index contributed by atoms with van der Waals surface area (Å²) >= 11 is 0. The predicted molar refractivity (Wildman–Crippen MR) is 133 cm³/mol. The maximum atomic E-state index is 13.2. The van der Waals surface area contributed by atoms with Crippen LogP contribution in [0.2, 0.25) is 0 Å². The molecule has 11 heteroatoms. The molecule has 0 saturated carbocycles. The van der Waals surface area contributed by atoms with E-state index < -0.39 is 12.3 Å². The van der Waals surface area contributed by atoms with E-state index in [1.54, 1.807) is 24.4 Å². The van der Waals surface area contributed by atoms with Gasteiger partial charge >= 0.3 is 0 Å². The van der Waals surface area contributed by atoms with Crippen molar-refractivity contribution in [1.29, 1.82) is 5.41 Å². The number of aliphatic imine (C=N–C) groups is 1. The molecule has 0 aliphatic carbocycles. The molecule has 1 fully saturated rings. The van der Waals surface area contributed by atoms with E-state index in [1.807, 2.05) is 26.0 Å². The SMILES string of the molecule is CNC1=CN/C(=C(\C=N)C(=O)Nc2cc3c(cc2N2CCN(CC(F)F)CC2)OC(C)(C)C3)N=C1. The first-order valence-electron chi connectivity index (χ1n) is 11.5. The summed E-state index contributed by atoms with van der Waals surface area (Å²) in [5.74, 6) is 0.549. The second-order valence-corrected chi connectivity index (χ2v) is 9.31. The van der Waals surface area contributed by atoms with Gasteiger partial charge in [-0.2, -0.15) is 0 Å². The Morgan fingerprint density at radius 2 is 2.06 bits per heavy atom. The van der Waals surface area contributed by atoms with Gasteiger partial charge in [0.25, 0.3) is 12.3 Å². The van der Waals surface area contributed by atoms with Gasteiger partial charge < -0.3 is 31.0 Å². The highest BCUT2D eigenvalue weighted by atomic mass is 19.3. The predicted octanol–water partition coefficient (Wildman–Crippen LogP) is 2.32. The van der Waals surface area contributed by atoms with Gasteiger partial charge in [-0.05, 0) is 19.9 Å². The summed E-state index contributed by atoms with van der Waals surface area (Å²) in [5, 5.41) is 16.6. The molecule has 4 N–H and O–H groups in total. The van der Waals surface area contributed by atoms with Crippen molar-refractivity contribution in [3.8, 4) is 5.75 Å². The number of hydrogen-bond acceptors (Lipinski definition) is 8. The van der Waals surface area contributed by atoms with Crippen molar-refractivity contribution in [2.75, 3.05) is 50.0 Å². The zero-order chi connectivity index (χ0) is 25.2. The molecule has 1 aromatic rings. The first kappa shape index (κ1) is 24.6. The topological polar surface area (TPSA) is 105 Å². The van der Waals surface area contributed by atoms with Crippen molar-refractivity contribution in [3.63, 3.8) is 0 Å². The first-order valence-corrected chi connectivity index (χ1v) is 11.5. The number of alkyl halides is 2. The maximum absolute atomic E-state index is 13.2. The van der Waals surface area contributed by atoms with E-state index in [9.17, 15) is 13.6 Å². The third-order valence-corrected chi connectivity index (χ3v) is 6.17. The van der Waals surface area contributed by atoms with Crippen molar-refractivity contribution in [1.82, 2.24) is 15.5 Å². The number of carbonyl (C=O) groups excluding carboxylic acids is 1. The minimum atomic E-state index is -2.37. The second kappa shape index (κ2) is 10.0. The van der Waals surface area contributed by atoms with Crippen LogP contribution in [0, 0.1) is 5.41 Å². The largest absolute Gasteiger partial charge is 0.487 e.